The van der Waals surface area contributed by atoms with Gasteiger partial charge in [-0.2, -0.15) is 0 Å². The molecule has 4 nitrogen and oxygen atoms in total. The number of hydrogen-bond donors (Lipinski definition) is 1. The standard InChI is InChI=1S/C14H17NO3/c1-3-14(9-12(16)17)10(2)18-13(15-14)11-7-5-4-6-8-11/h4-8,10H,3,9H2,1-2H3,(H,16,17). The van der Waals surface area contributed by atoms with Gasteiger partial charge >= 0.3 is 5.97 Å². The van der Waals surface area contributed by atoms with Crippen LogP contribution in [-0.4, -0.2) is 28.6 Å². The number of aliphatic carboxylic acids is 1. The van der Waals surface area contributed by atoms with Crippen molar-refractivity contribution in [1.82, 2.24) is 0 Å². The SMILES string of the molecule is CCC1(CC(=O)O)N=C(c2ccccc2)OC1C. The average molecular weight is 247 g/mol. The van der Waals surface area contributed by atoms with Gasteiger partial charge in [-0.05, 0) is 25.5 Å². The molecule has 0 saturated heterocycles. The van der Waals surface area contributed by atoms with Crippen LogP contribution in [0.2, 0.25) is 0 Å². The molecule has 0 saturated carbocycles. The number of carbonyl (C=O) groups is 1. The summed E-state index contributed by atoms with van der Waals surface area (Å²) in [5.41, 5.74) is 0.252. The molecule has 1 heterocycles. The van der Waals surface area contributed by atoms with E-state index in [4.69, 9.17) is 9.84 Å². The third-order valence-corrected chi connectivity index (χ3v) is 3.46. The number of benzene rings is 1. The maximum absolute atomic E-state index is 11.0. The van der Waals surface area contributed by atoms with Crippen LogP contribution >= 0.6 is 0 Å². The Morgan fingerprint density at radius 2 is 2.11 bits per heavy atom. The molecule has 1 N–H and O–H groups in total. The Kier molecular flexibility index (Phi) is 3.36. The largest absolute Gasteiger partial charge is 0.481 e. The Hall–Kier alpha value is -1.84. The van der Waals surface area contributed by atoms with Crippen LogP contribution in [0.5, 0.6) is 0 Å². The minimum absolute atomic E-state index is 0.000992. The molecule has 1 aromatic carbocycles. The molecule has 1 aliphatic heterocycles. The third-order valence-electron chi connectivity index (χ3n) is 3.46. The third kappa shape index (κ3) is 2.23. The van der Waals surface area contributed by atoms with Gasteiger partial charge in [0.1, 0.15) is 11.6 Å². The zero-order valence-electron chi connectivity index (χ0n) is 10.6. The molecule has 1 aromatic rings. The van der Waals surface area contributed by atoms with E-state index in [2.05, 4.69) is 4.99 Å². The van der Waals surface area contributed by atoms with E-state index in [-0.39, 0.29) is 12.5 Å². The monoisotopic (exact) mass is 247 g/mol. The van der Waals surface area contributed by atoms with Crippen LogP contribution in [-0.2, 0) is 9.53 Å². The maximum atomic E-state index is 11.0. The lowest BCUT2D eigenvalue weighted by Crippen LogP contribution is -2.37. The van der Waals surface area contributed by atoms with E-state index in [9.17, 15) is 4.79 Å². The van der Waals surface area contributed by atoms with Crippen molar-refractivity contribution < 1.29 is 14.6 Å². The summed E-state index contributed by atoms with van der Waals surface area (Å²) in [5, 5.41) is 9.02. The smallest absolute Gasteiger partial charge is 0.305 e. The summed E-state index contributed by atoms with van der Waals surface area (Å²) in [4.78, 5) is 15.5. The molecule has 18 heavy (non-hydrogen) atoms. The molecule has 0 fully saturated rings. The minimum atomic E-state index is -0.842. The van der Waals surface area contributed by atoms with E-state index < -0.39 is 11.5 Å². The Labute approximate surface area is 106 Å². The van der Waals surface area contributed by atoms with Gasteiger partial charge in [0.05, 0.1) is 6.42 Å². The van der Waals surface area contributed by atoms with Gasteiger partial charge in [0.2, 0.25) is 5.90 Å². The second kappa shape index (κ2) is 4.80. The first kappa shape index (κ1) is 12.6. The van der Waals surface area contributed by atoms with Gasteiger partial charge in [0.15, 0.2) is 0 Å². The van der Waals surface area contributed by atoms with Crippen LogP contribution in [0.15, 0.2) is 35.3 Å². The van der Waals surface area contributed by atoms with E-state index in [1.165, 1.54) is 0 Å². The van der Waals surface area contributed by atoms with E-state index in [0.29, 0.717) is 12.3 Å². The molecular formula is C14H17NO3. The van der Waals surface area contributed by atoms with Crippen molar-refractivity contribution in [3.05, 3.63) is 35.9 Å². The van der Waals surface area contributed by atoms with Gasteiger partial charge in [-0.1, -0.05) is 25.1 Å². The highest BCUT2D eigenvalue weighted by Gasteiger charge is 2.43. The molecular weight excluding hydrogens is 230 g/mol. The lowest BCUT2D eigenvalue weighted by atomic mass is 9.88. The number of carboxylic acid groups (broad SMARTS) is 1. The van der Waals surface area contributed by atoms with Crippen LogP contribution in [0.1, 0.15) is 32.3 Å². The average Bonchev–Trinajstić information content (AvgIpc) is 2.68. The van der Waals surface area contributed by atoms with Gasteiger partial charge in [-0.25, -0.2) is 4.99 Å². The highest BCUT2D eigenvalue weighted by Crippen LogP contribution is 2.34. The lowest BCUT2D eigenvalue weighted by molar-refractivity contribution is -0.139. The molecule has 0 aromatic heterocycles. The van der Waals surface area contributed by atoms with E-state index in [1.54, 1.807) is 0 Å². The molecule has 2 rings (SSSR count). The zero-order valence-corrected chi connectivity index (χ0v) is 10.6. The summed E-state index contributed by atoms with van der Waals surface area (Å²) >= 11 is 0. The van der Waals surface area contributed by atoms with Crippen molar-refractivity contribution in [3.8, 4) is 0 Å². The van der Waals surface area contributed by atoms with Crippen LogP contribution in [0.4, 0.5) is 0 Å². The number of aliphatic imine (C=N–C) groups is 1. The van der Waals surface area contributed by atoms with Crippen molar-refractivity contribution >= 4 is 11.9 Å². The predicted octanol–water partition coefficient (Wildman–Crippen LogP) is 2.48. The number of ether oxygens (including phenoxy) is 1. The van der Waals surface area contributed by atoms with E-state index >= 15 is 0 Å². The maximum Gasteiger partial charge on any atom is 0.305 e. The van der Waals surface area contributed by atoms with Crippen molar-refractivity contribution in [2.75, 3.05) is 0 Å². The molecule has 96 valence electrons. The Bertz CT molecular complexity index is 469. The first-order valence-corrected chi connectivity index (χ1v) is 6.11. The van der Waals surface area contributed by atoms with Crippen molar-refractivity contribution in [3.63, 3.8) is 0 Å². The Morgan fingerprint density at radius 3 is 2.67 bits per heavy atom. The number of nitrogens with zero attached hydrogens (tertiary/aromatic N) is 1. The van der Waals surface area contributed by atoms with Gasteiger partial charge in [-0.15, -0.1) is 0 Å². The van der Waals surface area contributed by atoms with E-state index in [1.807, 2.05) is 44.2 Å². The van der Waals surface area contributed by atoms with Crippen LogP contribution in [0.3, 0.4) is 0 Å². The van der Waals surface area contributed by atoms with Gasteiger partial charge < -0.3 is 9.84 Å². The minimum Gasteiger partial charge on any atom is -0.481 e. The first-order chi connectivity index (χ1) is 8.57. The van der Waals surface area contributed by atoms with Crippen LogP contribution < -0.4 is 0 Å². The van der Waals surface area contributed by atoms with Crippen molar-refractivity contribution in [1.29, 1.82) is 0 Å². The summed E-state index contributed by atoms with van der Waals surface area (Å²) in [6, 6.07) is 9.58. The summed E-state index contributed by atoms with van der Waals surface area (Å²) in [6.07, 6.45) is 0.437. The van der Waals surface area contributed by atoms with Crippen LogP contribution in [0, 0.1) is 0 Å². The lowest BCUT2D eigenvalue weighted by Gasteiger charge is -2.25. The number of carboxylic acids is 1. The van der Waals surface area contributed by atoms with Gasteiger partial charge in [-0.3, -0.25) is 4.79 Å². The Balaban J connectivity index is 2.33. The molecule has 0 spiro atoms. The van der Waals surface area contributed by atoms with Gasteiger partial charge in [0, 0.05) is 5.56 Å². The quantitative estimate of drug-likeness (QED) is 0.889. The van der Waals surface area contributed by atoms with E-state index in [0.717, 1.165) is 5.56 Å². The zero-order chi connectivity index (χ0) is 13.2. The number of rotatable bonds is 4. The molecule has 0 radical (unpaired) electrons. The molecule has 0 aliphatic carbocycles. The topological polar surface area (TPSA) is 58.9 Å². The summed E-state index contributed by atoms with van der Waals surface area (Å²) in [5.74, 6) is -0.295. The summed E-state index contributed by atoms with van der Waals surface area (Å²) in [6.45, 7) is 3.83. The summed E-state index contributed by atoms with van der Waals surface area (Å²) < 4.78 is 5.74. The molecule has 0 bridgehead atoms. The fraction of sp³-hybridized carbons (Fsp3) is 0.429. The molecule has 0 amide bonds. The number of hydrogen-bond acceptors (Lipinski definition) is 3. The fourth-order valence-corrected chi connectivity index (χ4v) is 2.25. The highest BCUT2D eigenvalue weighted by molar-refractivity contribution is 5.96. The fourth-order valence-electron chi connectivity index (χ4n) is 2.25. The van der Waals surface area contributed by atoms with Crippen molar-refractivity contribution in [2.24, 2.45) is 4.99 Å². The molecule has 2 atom stereocenters. The molecule has 1 aliphatic rings. The predicted molar refractivity (Wildman–Crippen MR) is 68.8 cm³/mol. The van der Waals surface area contributed by atoms with Crippen molar-refractivity contribution in [2.45, 2.75) is 38.3 Å². The second-order valence-electron chi connectivity index (χ2n) is 4.57. The summed E-state index contributed by atoms with van der Waals surface area (Å²) in [7, 11) is 0. The molecule has 2 unspecified atom stereocenters. The van der Waals surface area contributed by atoms with Gasteiger partial charge in [0.25, 0.3) is 0 Å². The Morgan fingerprint density at radius 1 is 1.44 bits per heavy atom. The second-order valence-corrected chi connectivity index (χ2v) is 4.57. The van der Waals surface area contributed by atoms with Crippen LogP contribution in [0.25, 0.3) is 0 Å². The molecule has 4 heteroatoms. The normalized spacial score (nSPS) is 26.6. The first-order valence-electron chi connectivity index (χ1n) is 6.11. The highest BCUT2D eigenvalue weighted by atomic mass is 16.5.